The largest absolute Gasteiger partial charge is 0.467 e. The number of carbonyl (C=O) groups is 2. The van der Waals surface area contributed by atoms with Crippen molar-refractivity contribution in [2.24, 2.45) is 0 Å². The van der Waals surface area contributed by atoms with Crippen molar-refractivity contribution in [3.8, 4) is 5.19 Å². The third-order valence-corrected chi connectivity index (χ3v) is 5.30. The number of nitrogens with one attached hydrogen (secondary N) is 2. The van der Waals surface area contributed by atoms with Gasteiger partial charge in [-0.2, -0.15) is 0 Å². The van der Waals surface area contributed by atoms with E-state index in [2.05, 4.69) is 15.6 Å². The van der Waals surface area contributed by atoms with E-state index in [0.29, 0.717) is 29.8 Å². The number of rotatable bonds is 16. The molecular formula is C22H39N3O5S. The second-order valence-electron chi connectivity index (χ2n) is 8.66. The molecule has 0 spiro atoms. The van der Waals surface area contributed by atoms with E-state index in [4.69, 9.17) is 9.47 Å². The molecule has 8 nitrogen and oxygen atoms in total. The van der Waals surface area contributed by atoms with Crippen LogP contribution in [0.1, 0.15) is 82.3 Å². The zero-order valence-electron chi connectivity index (χ0n) is 19.4. The van der Waals surface area contributed by atoms with Crippen LogP contribution >= 0.6 is 11.3 Å². The lowest BCUT2D eigenvalue weighted by Crippen LogP contribution is -2.42. The molecule has 0 fully saturated rings. The Morgan fingerprint density at radius 1 is 1.13 bits per heavy atom. The molecule has 0 aliphatic heterocycles. The van der Waals surface area contributed by atoms with Crippen LogP contribution in [0.15, 0.2) is 6.20 Å². The average Bonchev–Trinajstić information content (AvgIpc) is 3.17. The van der Waals surface area contributed by atoms with Gasteiger partial charge in [-0.1, -0.05) is 43.4 Å². The first-order valence-electron chi connectivity index (χ1n) is 11.1. The Hall–Kier alpha value is -1.71. The van der Waals surface area contributed by atoms with Crippen molar-refractivity contribution in [1.29, 1.82) is 0 Å². The van der Waals surface area contributed by atoms with E-state index in [1.165, 1.54) is 24.5 Å². The van der Waals surface area contributed by atoms with Gasteiger partial charge in [0.15, 0.2) is 0 Å². The maximum absolute atomic E-state index is 12.2. The van der Waals surface area contributed by atoms with E-state index in [1.807, 2.05) is 20.8 Å². The number of hydrogen-bond acceptors (Lipinski definition) is 8. The van der Waals surface area contributed by atoms with Gasteiger partial charge in [-0.05, 0) is 33.6 Å². The fraction of sp³-hybridized carbons (Fsp3) is 0.773. The van der Waals surface area contributed by atoms with Crippen LogP contribution in [-0.4, -0.2) is 59.9 Å². The van der Waals surface area contributed by atoms with Crippen LogP contribution in [0.3, 0.4) is 0 Å². The van der Waals surface area contributed by atoms with Crippen molar-refractivity contribution in [1.82, 2.24) is 15.6 Å². The lowest BCUT2D eigenvalue weighted by Gasteiger charge is -2.22. The Kier molecular flexibility index (Phi) is 13.4. The summed E-state index contributed by atoms with van der Waals surface area (Å²) in [5, 5.41) is 16.5. The van der Waals surface area contributed by atoms with Crippen LogP contribution in [0.4, 0.5) is 0 Å². The number of thiazole rings is 1. The molecule has 0 saturated heterocycles. The molecule has 0 aliphatic rings. The fourth-order valence-corrected chi connectivity index (χ4v) is 3.39. The summed E-state index contributed by atoms with van der Waals surface area (Å²) in [5.74, 6) is -0.361. The summed E-state index contributed by atoms with van der Waals surface area (Å²) in [5.41, 5.74) is -0.0697. The summed E-state index contributed by atoms with van der Waals surface area (Å²) >= 11 is 1.18. The smallest absolute Gasteiger partial charge is 0.302 e. The van der Waals surface area contributed by atoms with Gasteiger partial charge in [-0.3, -0.25) is 9.59 Å². The van der Waals surface area contributed by atoms with Gasteiger partial charge in [0.2, 0.25) is 0 Å². The average molecular weight is 458 g/mol. The Labute approximate surface area is 190 Å². The Morgan fingerprint density at radius 3 is 2.42 bits per heavy atom. The molecule has 1 unspecified atom stereocenters. The zero-order valence-corrected chi connectivity index (χ0v) is 20.2. The molecule has 3 N–H and O–H groups in total. The molecule has 0 aromatic carbocycles. The second kappa shape index (κ2) is 15.2. The number of amides is 1. The van der Waals surface area contributed by atoms with Crippen molar-refractivity contribution in [3.63, 3.8) is 0 Å². The minimum Gasteiger partial charge on any atom is -0.467 e. The molecule has 1 atom stereocenters. The molecule has 0 saturated carbocycles. The van der Waals surface area contributed by atoms with E-state index in [0.717, 1.165) is 44.9 Å². The minimum absolute atomic E-state index is 0.0697. The Bertz CT molecular complexity index is 645. The normalized spacial score (nSPS) is 12.4. The summed E-state index contributed by atoms with van der Waals surface area (Å²) in [4.78, 5) is 27.5. The van der Waals surface area contributed by atoms with Gasteiger partial charge < -0.3 is 25.2 Å². The molecular weight excluding hydrogens is 418 g/mol. The molecule has 0 aliphatic carbocycles. The third kappa shape index (κ3) is 14.8. The Balaban J connectivity index is 2.07. The molecule has 31 heavy (non-hydrogen) atoms. The monoisotopic (exact) mass is 457 g/mol. The molecule has 1 aromatic heterocycles. The highest BCUT2D eigenvalue weighted by atomic mass is 32.1. The highest BCUT2D eigenvalue weighted by Crippen LogP contribution is 2.20. The fourth-order valence-electron chi connectivity index (χ4n) is 2.70. The molecule has 9 heteroatoms. The van der Waals surface area contributed by atoms with E-state index in [-0.39, 0.29) is 24.0 Å². The second-order valence-corrected chi connectivity index (χ2v) is 9.65. The molecule has 1 amide bonds. The first kappa shape index (κ1) is 27.3. The molecule has 0 radical (unpaired) electrons. The number of aromatic nitrogens is 1. The van der Waals surface area contributed by atoms with Crippen LogP contribution in [0.5, 0.6) is 5.19 Å². The number of nitrogens with zero attached hydrogens (tertiary/aromatic N) is 1. The maximum Gasteiger partial charge on any atom is 0.302 e. The van der Waals surface area contributed by atoms with Gasteiger partial charge in [0.05, 0.1) is 12.8 Å². The highest BCUT2D eigenvalue weighted by Gasteiger charge is 2.15. The van der Waals surface area contributed by atoms with Crippen LogP contribution in [0.25, 0.3) is 0 Å². The summed E-state index contributed by atoms with van der Waals surface area (Å²) in [6.07, 6.45) is 8.29. The molecule has 1 rings (SSSR count). The van der Waals surface area contributed by atoms with Crippen molar-refractivity contribution < 1.29 is 24.2 Å². The lowest BCUT2D eigenvalue weighted by atomic mass is 10.1. The van der Waals surface area contributed by atoms with E-state index >= 15 is 0 Å². The molecule has 178 valence electrons. The van der Waals surface area contributed by atoms with Gasteiger partial charge in [0.1, 0.15) is 17.6 Å². The zero-order chi connectivity index (χ0) is 23.1. The summed E-state index contributed by atoms with van der Waals surface area (Å²) in [6, 6.07) is 0. The van der Waals surface area contributed by atoms with Crippen LogP contribution < -0.4 is 15.4 Å². The lowest BCUT2D eigenvalue weighted by molar-refractivity contribution is -0.141. The molecule has 0 bridgehead atoms. The van der Waals surface area contributed by atoms with E-state index in [1.54, 1.807) is 0 Å². The molecule has 1 heterocycles. The first-order chi connectivity index (χ1) is 14.7. The number of hydrogen-bond donors (Lipinski definition) is 3. The standard InChI is InChI=1S/C22H39N3O5S/c1-17(26)29-13-11-9-7-5-6-8-10-12-23-20(28)19-15-24-21(31-19)30-16-18(27)14-25-22(2,3)4/h15,18,25,27H,5-14,16H2,1-4H3,(H,23,28). The van der Waals surface area contributed by atoms with Gasteiger partial charge in [-0.15, -0.1) is 0 Å². The molecule has 1 aromatic rings. The van der Waals surface area contributed by atoms with Gasteiger partial charge >= 0.3 is 5.97 Å². The highest BCUT2D eigenvalue weighted by molar-refractivity contribution is 7.15. The number of carbonyl (C=O) groups excluding carboxylic acids is 2. The van der Waals surface area contributed by atoms with Crippen molar-refractivity contribution in [2.75, 3.05) is 26.3 Å². The number of aliphatic hydroxyl groups excluding tert-OH is 1. The van der Waals surface area contributed by atoms with Crippen LogP contribution in [0, 0.1) is 0 Å². The first-order valence-corrected chi connectivity index (χ1v) is 11.9. The van der Waals surface area contributed by atoms with Crippen LogP contribution in [-0.2, 0) is 9.53 Å². The Morgan fingerprint density at radius 2 is 1.77 bits per heavy atom. The third-order valence-electron chi connectivity index (χ3n) is 4.39. The SMILES string of the molecule is CC(=O)OCCCCCCCCCNC(=O)c1cnc(OCC(O)CNC(C)(C)C)s1. The maximum atomic E-state index is 12.2. The number of esters is 1. The summed E-state index contributed by atoms with van der Waals surface area (Å²) < 4.78 is 10.4. The summed E-state index contributed by atoms with van der Waals surface area (Å²) in [6.45, 7) is 9.23. The van der Waals surface area contributed by atoms with Crippen LogP contribution in [0.2, 0.25) is 0 Å². The number of ether oxygens (including phenoxy) is 2. The number of unbranched alkanes of at least 4 members (excludes halogenated alkanes) is 6. The quantitative estimate of drug-likeness (QED) is 0.258. The number of β-amino-alcohol motifs (C(OH)–C–C–N with tert-alkyl or cyclic N) is 1. The summed E-state index contributed by atoms with van der Waals surface area (Å²) in [7, 11) is 0. The van der Waals surface area contributed by atoms with Crippen molar-refractivity contribution in [3.05, 3.63) is 11.1 Å². The predicted molar refractivity (Wildman–Crippen MR) is 123 cm³/mol. The topological polar surface area (TPSA) is 110 Å². The van der Waals surface area contributed by atoms with Gasteiger partial charge in [0.25, 0.3) is 11.1 Å². The van der Waals surface area contributed by atoms with Crippen molar-refractivity contribution >= 4 is 23.2 Å². The van der Waals surface area contributed by atoms with E-state index in [9.17, 15) is 14.7 Å². The number of aliphatic hydroxyl groups is 1. The van der Waals surface area contributed by atoms with E-state index < -0.39 is 6.10 Å². The van der Waals surface area contributed by atoms with Gasteiger partial charge in [0, 0.05) is 25.6 Å². The minimum atomic E-state index is -0.644. The van der Waals surface area contributed by atoms with Crippen molar-refractivity contribution in [2.45, 2.75) is 84.3 Å². The van der Waals surface area contributed by atoms with Gasteiger partial charge in [-0.25, -0.2) is 4.98 Å². The predicted octanol–water partition coefficient (Wildman–Crippen LogP) is 3.29.